The maximum Gasteiger partial charge on any atom is 0.154 e. The maximum absolute atomic E-state index is 6.10. The van der Waals surface area contributed by atoms with Gasteiger partial charge >= 0.3 is 0 Å². The highest BCUT2D eigenvalue weighted by molar-refractivity contribution is 8.01. The van der Waals surface area contributed by atoms with Crippen LogP contribution in [0.4, 0.5) is 0 Å². The second-order valence-electron chi connectivity index (χ2n) is 4.48. The van der Waals surface area contributed by atoms with Crippen molar-refractivity contribution < 1.29 is 0 Å². The van der Waals surface area contributed by atoms with Crippen LogP contribution in [0.5, 0.6) is 0 Å². The topological polar surface area (TPSA) is 38.9 Å². The first-order chi connectivity index (χ1) is 9.08. The summed E-state index contributed by atoms with van der Waals surface area (Å²) in [7, 11) is 0. The van der Waals surface area contributed by atoms with Gasteiger partial charge in [0.05, 0.1) is 0 Å². The van der Waals surface area contributed by atoms with Gasteiger partial charge < -0.3 is 5.73 Å². The molecule has 0 aliphatic carbocycles. The summed E-state index contributed by atoms with van der Waals surface area (Å²) in [5.41, 5.74) is 8.36. The molecule has 1 aromatic heterocycles. The highest BCUT2D eigenvalue weighted by Gasteiger charge is 2.10. The zero-order valence-corrected chi connectivity index (χ0v) is 13.4. The Kier molecular flexibility index (Phi) is 5.28. The van der Waals surface area contributed by atoms with Gasteiger partial charge in [-0.25, -0.2) is 4.98 Å². The molecule has 1 heterocycles. The summed E-state index contributed by atoms with van der Waals surface area (Å²) in [5.74, 6) is 0. The van der Waals surface area contributed by atoms with Crippen LogP contribution in [-0.2, 0) is 6.42 Å². The number of nitrogens with zero attached hydrogens (tertiary/aromatic N) is 1. The molecular formula is C14H17ClN2S2. The summed E-state index contributed by atoms with van der Waals surface area (Å²) in [5, 5.41) is 2.81. The van der Waals surface area contributed by atoms with Crippen LogP contribution in [0.25, 0.3) is 0 Å². The van der Waals surface area contributed by atoms with Gasteiger partial charge in [0.15, 0.2) is 4.34 Å². The van der Waals surface area contributed by atoms with Crippen molar-refractivity contribution >= 4 is 34.7 Å². The van der Waals surface area contributed by atoms with Gasteiger partial charge in [0.25, 0.3) is 0 Å². The molecule has 2 aromatic rings. The highest BCUT2D eigenvalue weighted by atomic mass is 35.5. The summed E-state index contributed by atoms with van der Waals surface area (Å²) >= 11 is 9.43. The van der Waals surface area contributed by atoms with Gasteiger partial charge in [-0.3, -0.25) is 0 Å². The zero-order valence-electron chi connectivity index (χ0n) is 11.0. The van der Waals surface area contributed by atoms with Crippen molar-refractivity contribution in [1.82, 2.24) is 4.98 Å². The summed E-state index contributed by atoms with van der Waals surface area (Å²) in [6.07, 6.45) is 1.85. The molecule has 0 saturated carbocycles. The lowest BCUT2D eigenvalue weighted by Gasteiger charge is -2.12. The molecule has 0 spiro atoms. The van der Waals surface area contributed by atoms with Crippen LogP contribution in [0.3, 0.4) is 0 Å². The Balaban J connectivity index is 2.24. The van der Waals surface area contributed by atoms with Crippen molar-refractivity contribution in [2.45, 2.75) is 42.0 Å². The lowest BCUT2D eigenvalue weighted by Crippen LogP contribution is -2.21. The average molecular weight is 313 g/mol. The maximum atomic E-state index is 6.10. The Hall–Kier alpha value is -0.550. The minimum atomic E-state index is 0.193. The van der Waals surface area contributed by atoms with Crippen LogP contribution >= 0.6 is 34.7 Å². The summed E-state index contributed by atoms with van der Waals surface area (Å²) in [6.45, 7) is 4.12. The van der Waals surface area contributed by atoms with Crippen LogP contribution < -0.4 is 5.73 Å². The number of halogens is 1. The number of aromatic nitrogens is 1. The van der Waals surface area contributed by atoms with Crippen LogP contribution in [0, 0.1) is 6.92 Å². The van der Waals surface area contributed by atoms with Crippen LogP contribution in [0.1, 0.15) is 24.6 Å². The minimum absolute atomic E-state index is 0.193. The first-order valence-corrected chi connectivity index (χ1v) is 8.30. The van der Waals surface area contributed by atoms with Crippen molar-refractivity contribution in [2.75, 3.05) is 0 Å². The number of thiazole rings is 1. The molecule has 0 aliphatic rings. The van der Waals surface area contributed by atoms with E-state index < -0.39 is 0 Å². The molecule has 1 aromatic carbocycles. The molecule has 1 unspecified atom stereocenters. The third-order valence-corrected chi connectivity index (χ3v) is 5.22. The molecule has 0 radical (unpaired) electrons. The number of hydrogen-bond donors (Lipinski definition) is 1. The normalized spacial score (nSPS) is 12.6. The second-order valence-corrected chi connectivity index (χ2v) is 7.06. The number of aryl methyl sites for hydroxylation is 1. The van der Waals surface area contributed by atoms with Crippen molar-refractivity contribution in [3.63, 3.8) is 0 Å². The second kappa shape index (κ2) is 6.75. The number of nitrogens with two attached hydrogens (primary N) is 1. The molecule has 19 heavy (non-hydrogen) atoms. The number of benzene rings is 1. The standard InChI is InChI=1S/C14H17ClN2S2/c1-3-12(16)6-10-4-5-11(15)7-13(10)19-14-17-9(2)8-18-14/h4-5,7-8,12H,3,6,16H2,1-2H3. The largest absolute Gasteiger partial charge is 0.327 e. The summed E-state index contributed by atoms with van der Waals surface area (Å²) in [6, 6.07) is 6.19. The van der Waals surface area contributed by atoms with Crippen LogP contribution in [0.2, 0.25) is 5.02 Å². The average Bonchev–Trinajstić information content (AvgIpc) is 2.78. The molecular weight excluding hydrogens is 296 g/mol. The Morgan fingerprint density at radius 1 is 1.47 bits per heavy atom. The van der Waals surface area contributed by atoms with E-state index in [0.29, 0.717) is 0 Å². The Morgan fingerprint density at radius 2 is 2.26 bits per heavy atom. The molecule has 2 rings (SSSR count). The van der Waals surface area contributed by atoms with E-state index in [1.165, 1.54) is 5.56 Å². The van der Waals surface area contributed by atoms with Gasteiger partial charge in [-0.05, 0) is 37.5 Å². The van der Waals surface area contributed by atoms with Gasteiger partial charge in [-0.2, -0.15) is 0 Å². The minimum Gasteiger partial charge on any atom is -0.327 e. The van der Waals surface area contributed by atoms with Crippen LogP contribution in [-0.4, -0.2) is 11.0 Å². The first kappa shape index (κ1) is 14.9. The van der Waals surface area contributed by atoms with Gasteiger partial charge in [0, 0.05) is 27.0 Å². The molecule has 0 fully saturated rings. The van der Waals surface area contributed by atoms with E-state index in [9.17, 15) is 0 Å². The Morgan fingerprint density at radius 3 is 2.89 bits per heavy atom. The molecule has 0 saturated heterocycles. The monoisotopic (exact) mass is 312 g/mol. The van der Waals surface area contributed by atoms with Crippen molar-refractivity contribution in [3.8, 4) is 0 Å². The van der Waals surface area contributed by atoms with E-state index in [-0.39, 0.29) is 6.04 Å². The SMILES string of the molecule is CCC(N)Cc1ccc(Cl)cc1Sc1nc(C)cs1. The Bertz CT molecular complexity index is 554. The summed E-state index contributed by atoms with van der Waals surface area (Å²) in [4.78, 5) is 5.64. The third-order valence-electron chi connectivity index (χ3n) is 2.83. The van der Waals surface area contributed by atoms with Crippen molar-refractivity contribution in [1.29, 1.82) is 0 Å². The lowest BCUT2D eigenvalue weighted by atomic mass is 10.1. The molecule has 2 nitrogen and oxygen atoms in total. The number of rotatable bonds is 5. The van der Waals surface area contributed by atoms with Crippen molar-refractivity contribution in [3.05, 3.63) is 39.9 Å². The van der Waals surface area contributed by atoms with Crippen molar-refractivity contribution in [2.24, 2.45) is 5.73 Å². The van der Waals surface area contributed by atoms with Crippen LogP contribution in [0.15, 0.2) is 32.8 Å². The molecule has 5 heteroatoms. The fourth-order valence-electron chi connectivity index (χ4n) is 1.69. The fraction of sp³-hybridized carbons (Fsp3) is 0.357. The first-order valence-electron chi connectivity index (χ1n) is 6.22. The predicted octanol–water partition coefficient (Wildman–Crippen LogP) is 4.54. The fourth-order valence-corrected chi connectivity index (χ4v) is 3.90. The molecule has 0 bridgehead atoms. The third kappa shape index (κ3) is 4.21. The van der Waals surface area contributed by atoms with E-state index in [2.05, 4.69) is 23.4 Å². The summed E-state index contributed by atoms with van der Waals surface area (Å²) < 4.78 is 1.05. The highest BCUT2D eigenvalue weighted by Crippen LogP contribution is 2.34. The van der Waals surface area contributed by atoms with Gasteiger partial charge in [-0.15, -0.1) is 11.3 Å². The van der Waals surface area contributed by atoms with E-state index in [0.717, 1.165) is 32.8 Å². The predicted molar refractivity (Wildman–Crippen MR) is 84.4 cm³/mol. The molecule has 2 N–H and O–H groups in total. The molecule has 102 valence electrons. The molecule has 1 atom stereocenters. The van der Waals surface area contributed by atoms with E-state index >= 15 is 0 Å². The van der Waals surface area contributed by atoms with E-state index in [4.69, 9.17) is 17.3 Å². The van der Waals surface area contributed by atoms with Gasteiger partial charge in [-0.1, -0.05) is 36.4 Å². The lowest BCUT2D eigenvalue weighted by molar-refractivity contribution is 0.641. The quantitative estimate of drug-likeness (QED) is 0.881. The molecule has 0 aliphatic heterocycles. The zero-order chi connectivity index (χ0) is 13.8. The smallest absolute Gasteiger partial charge is 0.154 e. The Labute approximate surface area is 127 Å². The van der Waals surface area contributed by atoms with Gasteiger partial charge in [0.1, 0.15) is 0 Å². The van der Waals surface area contributed by atoms with Gasteiger partial charge in [0.2, 0.25) is 0 Å². The van der Waals surface area contributed by atoms with E-state index in [1.807, 2.05) is 19.1 Å². The van der Waals surface area contributed by atoms with E-state index in [1.54, 1.807) is 23.1 Å². The number of hydrogen-bond acceptors (Lipinski definition) is 4. The molecule has 0 amide bonds.